The predicted molar refractivity (Wildman–Crippen MR) is 72.2 cm³/mol. The predicted octanol–water partition coefficient (Wildman–Crippen LogP) is 2.37. The molecule has 2 heterocycles. The minimum absolute atomic E-state index is 0.669. The van der Waals surface area contributed by atoms with E-state index in [0.717, 1.165) is 16.6 Å². The van der Waals surface area contributed by atoms with E-state index in [9.17, 15) is 0 Å². The van der Waals surface area contributed by atoms with Crippen molar-refractivity contribution in [2.75, 3.05) is 5.73 Å². The summed E-state index contributed by atoms with van der Waals surface area (Å²) >= 11 is 0. The summed E-state index contributed by atoms with van der Waals surface area (Å²) in [6.45, 7) is 2.61. The van der Waals surface area contributed by atoms with Crippen LogP contribution in [0, 0.1) is 6.92 Å². The van der Waals surface area contributed by atoms with Crippen LogP contribution in [0.4, 0.5) is 5.82 Å². The van der Waals surface area contributed by atoms with E-state index in [2.05, 4.69) is 16.1 Å². The van der Waals surface area contributed by atoms with Crippen molar-refractivity contribution in [2.45, 2.75) is 13.5 Å². The number of aryl methyl sites for hydroxylation is 1. The zero-order chi connectivity index (χ0) is 12.5. The molecule has 0 spiro atoms. The summed E-state index contributed by atoms with van der Waals surface area (Å²) < 4.78 is 1.82. The van der Waals surface area contributed by atoms with Crippen molar-refractivity contribution in [2.24, 2.45) is 0 Å². The van der Waals surface area contributed by atoms with Gasteiger partial charge in [-0.1, -0.05) is 18.2 Å². The fourth-order valence-corrected chi connectivity index (χ4v) is 2.15. The second-order valence-corrected chi connectivity index (χ2v) is 4.36. The lowest BCUT2D eigenvalue weighted by Gasteiger charge is -2.07. The van der Waals surface area contributed by atoms with Crippen LogP contribution >= 0.6 is 0 Å². The topological polar surface area (TPSA) is 56.7 Å². The van der Waals surface area contributed by atoms with Crippen molar-refractivity contribution in [1.29, 1.82) is 0 Å². The molecule has 2 aromatic heterocycles. The third-order valence-electron chi connectivity index (χ3n) is 2.99. The quantitative estimate of drug-likeness (QED) is 0.745. The van der Waals surface area contributed by atoms with Gasteiger partial charge in [-0.05, 0) is 24.6 Å². The molecule has 0 unspecified atom stereocenters. The van der Waals surface area contributed by atoms with Crippen LogP contribution in [0.25, 0.3) is 10.9 Å². The Hall–Kier alpha value is -2.36. The van der Waals surface area contributed by atoms with Crippen LogP contribution in [-0.2, 0) is 6.54 Å². The average molecular weight is 238 g/mol. The number of hydrogen-bond acceptors (Lipinski definition) is 3. The van der Waals surface area contributed by atoms with E-state index < -0.39 is 0 Å². The molecule has 18 heavy (non-hydrogen) atoms. The van der Waals surface area contributed by atoms with Gasteiger partial charge in [0.05, 0.1) is 17.8 Å². The van der Waals surface area contributed by atoms with Crippen LogP contribution in [0.3, 0.4) is 0 Å². The molecule has 3 aromatic rings. The molecule has 4 heteroatoms. The minimum Gasteiger partial charge on any atom is -0.384 e. The zero-order valence-electron chi connectivity index (χ0n) is 10.2. The van der Waals surface area contributed by atoms with Crippen molar-refractivity contribution in [3.63, 3.8) is 0 Å². The molecule has 4 nitrogen and oxygen atoms in total. The molecule has 0 amide bonds. The van der Waals surface area contributed by atoms with Gasteiger partial charge in [0, 0.05) is 17.6 Å². The second kappa shape index (κ2) is 4.14. The van der Waals surface area contributed by atoms with Gasteiger partial charge in [-0.2, -0.15) is 5.10 Å². The number of aromatic nitrogens is 3. The van der Waals surface area contributed by atoms with Crippen molar-refractivity contribution >= 4 is 16.7 Å². The Balaban J connectivity index is 2.07. The molecule has 3 rings (SSSR count). The van der Waals surface area contributed by atoms with Crippen LogP contribution < -0.4 is 5.73 Å². The number of nitrogens with zero attached hydrogens (tertiary/aromatic N) is 3. The average Bonchev–Trinajstić information content (AvgIpc) is 2.68. The van der Waals surface area contributed by atoms with Gasteiger partial charge >= 0.3 is 0 Å². The SMILES string of the molecule is Cc1cc(N)n(Cc2ccnc3ccccc23)n1. The Morgan fingerprint density at radius 3 is 2.83 bits per heavy atom. The molecule has 0 saturated carbocycles. The lowest BCUT2D eigenvalue weighted by Crippen LogP contribution is -2.06. The Bertz CT molecular complexity index is 695. The van der Waals surface area contributed by atoms with E-state index in [0.29, 0.717) is 12.4 Å². The van der Waals surface area contributed by atoms with Gasteiger partial charge in [-0.25, -0.2) is 4.68 Å². The lowest BCUT2D eigenvalue weighted by molar-refractivity contribution is 0.692. The molecule has 0 atom stereocenters. The van der Waals surface area contributed by atoms with Gasteiger partial charge < -0.3 is 5.73 Å². The van der Waals surface area contributed by atoms with E-state index in [4.69, 9.17) is 5.73 Å². The number of fused-ring (bicyclic) bond motifs is 1. The number of nitrogens with two attached hydrogens (primary N) is 1. The van der Waals surface area contributed by atoms with E-state index in [1.165, 1.54) is 5.56 Å². The largest absolute Gasteiger partial charge is 0.384 e. The van der Waals surface area contributed by atoms with Crippen molar-refractivity contribution in [3.8, 4) is 0 Å². The number of rotatable bonds is 2. The summed E-state index contributed by atoms with van der Waals surface area (Å²) in [7, 11) is 0. The van der Waals surface area contributed by atoms with E-state index in [1.807, 2.05) is 48.1 Å². The van der Waals surface area contributed by atoms with Crippen molar-refractivity contribution < 1.29 is 0 Å². The Morgan fingerprint density at radius 2 is 2.06 bits per heavy atom. The Morgan fingerprint density at radius 1 is 1.22 bits per heavy atom. The summed E-state index contributed by atoms with van der Waals surface area (Å²) in [5, 5.41) is 5.53. The molecule has 0 aliphatic rings. The van der Waals surface area contributed by atoms with Gasteiger partial charge in [0.1, 0.15) is 5.82 Å². The Kier molecular flexibility index (Phi) is 2.48. The highest BCUT2D eigenvalue weighted by Gasteiger charge is 2.05. The highest BCUT2D eigenvalue weighted by molar-refractivity contribution is 5.81. The standard InChI is InChI=1S/C14H14N4/c1-10-8-14(15)18(17-10)9-11-6-7-16-13-5-3-2-4-12(11)13/h2-8H,9,15H2,1H3. The number of anilines is 1. The monoisotopic (exact) mass is 238 g/mol. The first-order valence-electron chi connectivity index (χ1n) is 5.86. The van der Waals surface area contributed by atoms with Crippen LogP contribution in [0.15, 0.2) is 42.6 Å². The molecule has 1 aromatic carbocycles. The van der Waals surface area contributed by atoms with Crippen LogP contribution in [0.1, 0.15) is 11.3 Å². The normalized spacial score (nSPS) is 10.9. The number of hydrogen-bond donors (Lipinski definition) is 1. The van der Waals surface area contributed by atoms with Gasteiger partial charge in [0.25, 0.3) is 0 Å². The number of nitrogen functional groups attached to an aromatic ring is 1. The highest BCUT2D eigenvalue weighted by Crippen LogP contribution is 2.18. The fraction of sp³-hybridized carbons (Fsp3) is 0.143. The Labute approximate surface area is 105 Å². The summed E-state index contributed by atoms with van der Waals surface area (Å²) in [6.07, 6.45) is 1.82. The molecule has 0 aliphatic heterocycles. The van der Waals surface area contributed by atoms with Crippen molar-refractivity contribution in [3.05, 3.63) is 53.9 Å². The number of benzene rings is 1. The third kappa shape index (κ3) is 1.82. The maximum atomic E-state index is 5.92. The smallest absolute Gasteiger partial charge is 0.122 e. The number of para-hydroxylation sites is 1. The summed E-state index contributed by atoms with van der Waals surface area (Å²) in [5.74, 6) is 0.688. The molecule has 2 N–H and O–H groups in total. The fourth-order valence-electron chi connectivity index (χ4n) is 2.15. The maximum Gasteiger partial charge on any atom is 0.122 e. The third-order valence-corrected chi connectivity index (χ3v) is 2.99. The van der Waals surface area contributed by atoms with Crippen LogP contribution in [0.5, 0.6) is 0 Å². The minimum atomic E-state index is 0.669. The maximum absolute atomic E-state index is 5.92. The highest BCUT2D eigenvalue weighted by atomic mass is 15.3. The zero-order valence-corrected chi connectivity index (χ0v) is 10.2. The molecule has 90 valence electrons. The first kappa shape index (κ1) is 10.8. The first-order valence-corrected chi connectivity index (χ1v) is 5.86. The van der Waals surface area contributed by atoms with Crippen LogP contribution in [-0.4, -0.2) is 14.8 Å². The molecule has 0 radical (unpaired) electrons. The van der Waals surface area contributed by atoms with Gasteiger partial charge in [0.2, 0.25) is 0 Å². The number of pyridine rings is 1. The molecular weight excluding hydrogens is 224 g/mol. The molecule has 0 aliphatic carbocycles. The van der Waals surface area contributed by atoms with Gasteiger partial charge in [-0.3, -0.25) is 4.98 Å². The molecule has 0 fully saturated rings. The first-order chi connectivity index (χ1) is 8.74. The van der Waals surface area contributed by atoms with Gasteiger partial charge in [-0.15, -0.1) is 0 Å². The van der Waals surface area contributed by atoms with E-state index in [1.54, 1.807) is 0 Å². The van der Waals surface area contributed by atoms with E-state index in [-0.39, 0.29) is 0 Å². The van der Waals surface area contributed by atoms with E-state index >= 15 is 0 Å². The molecule has 0 saturated heterocycles. The van der Waals surface area contributed by atoms with Crippen molar-refractivity contribution in [1.82, 2.24) is 14.8 Å². The summed E-state index contributed by atoms with van der Waals surface area (Å²) in [4.78, 5) is 4.35. The molecule has 0 bridgehead atoms. The van der Waals surface area contributed by atoms with Gasteiger partial charge in [0.15, 0.2) is 0 Å². The lowest BCUT2D eigenvalue weighted by atomic mass is 10.1. The summed E-state index contributed by atoms with van der Waals surface area (Å²) in [6, 6.07) is 12.0. The van der Waals surface area contributed by atoms with Crippen LogP contribution in [0.2, 0.25) is 0 Å². The molecular formula is C14H14N4. The summed E-state index contributed by atoms with van der Waals surface area (Å²) in [5.41, 5.74) is 9.03. The second-order valence-electron chi connectivity index (χ2n) is 4.36.